The Balaban J connectivity index is 1.01. The van der Waals surface area contributed by atoms with Crippen molar-refractivity contribution in [2.75, 3.05) is 27.3 Å². The van der Waals surface area contributed by atoms with Gasteiger partial charge in [0, 0.05) is 37.7 Å². The van der Waals surface area contributed by atoms with E-state index in [0.717, 1.165) is 76.5 Å². The molecule has 1 fully saturated rings. The maximum absolute atomic E-state index is 13.0. The number of carbonyl (C=O) groups excluding carboxylic acids is 1. The molecule has 1 saturated heterocycles. The molecule has 10 nitrogen and oxygen atoms in total. The van der Waals surface area contributed by atoms with Gasteiger partial charge in [0.1, 0.15) is 5.69 Å². The highest BCUT2D eigenvalue weighted by Gasteiger charge is 2.39. The zero-order chi connectivity index (χ0) is 38.6. The van der Waals surface area contributed by atoms with Crippen LogP contribution in [0.4, 0.5) is 0 Å². The third-order valence-electron chi connectivity index (χ3n) is 10.9. The first kappa shape index (κ1) is 37.3. The Morgan fingerprint density at radius 2 is 1.55 bits per heavy atom. The van der Waals surface area contributed by atoms with Crippen LogP contribution in [0.2, 0.25) is 0 Å². The first-order valence-electron chi connectivity index (χ1n) is 19.0. The summed E-state index contributed by atoms with van der Waals surface area (Å²) in [6.07, 6.45) is 1.46. The zero-order valence-electron chi connectivity index (χ0n) is 31.9. The van der Waals surface area contributed by atoms with Gasteiger partial charge in [0.25, 0.3) is 5.91 Å². The van der Waals surface area contributed by atoms with Gasteiger partial charge >= 0.3 is 0 Å². The summed E-state index contributed by atoms with van der Waals surface area (Å²) in [5, 5.41) is 12.7. The normalized spacial score (nSPS) is 19.6. The molecule has 3 heterocycles. The summed E-state index contributed by atoms with van der Waals surface area (Å²) >= 11 is 0. The van der Waals surface area contributed by atoms with Crippen molar-refractivity contribution < 1.29 is 28.8 Å². The molecule has 2 N–H and O–H groups in total. The van der Waals surface area contributed by atoms with Crippen LogP contribution in [0.5, 0.6) is 11.5 Å². The highest BCUT2D eigenvalue weighted by molar-refractivity contribution is 5.93. The fraction of sp³-hybridized carbons (Fsp3) is 0.283. The Kier molecular flexibility index (Phi) is 11.1. The summed E-state index contributed by atoms with van der Waals surface area (Å²) in [6, 6.07) is 36.2. The third-order valence-corrected chi connectivity index (χ3v) is 10.9. The fourth-order valence-electron chi connectivity index (χ4n) is 7.75. The number of nitrogens with zero attached hydrogens (tertiary/aromatic N) is 3. The van der Waals surface area contributed by atoms with Crippen LogP contribution < -0.4 is 14.8 Å². The molecule has 1 amide bonds. The van der Waals surface area contributed by atoms with Gasteiger partial charge in [-0.15, -0.1) is 0 Å². The third kappa shape index (κ3) is 8.01. The topological polar surface area (TPSA) is 115 Å². The lowest BCUT2D eigenvalue weighted by Gasteiger charge is -2.43. The minimum absolute atomic E-state index is 0.0116. The lowest BCUT2D eigenvalue weighted by atomic mass is 9.89. The van der Waals surface area contributed by atoms with E-state index < -0.39 is 6.29 Å². The Morgan fingerprint density at radius 3 is 2.32 bits per heavy atom. The van der Waals surface area contributed by atoms with Crippen LogP contribution in [-0.4, -0.2) is 59.3 Å². The van der Waals surface area contributed by atoms with Crippen molar-refractivity contribution in [3.63, 3.8) is 0 Å². The van der Waals surface area contributed by atoms with E-state index >= 15 is 0 Å². The van der Waals surface area contributed by atoms with Gasteiger partial charge in [0.2, 0.25) is 0 Å². The number of aliphatic hydroxyl groups is 1. The summed E-state index contributed by atoms with van der Waals surface area (Å²) in [5.74, 6) is 1.27. The molecule has 0 spiro atoms. The Bertz CT molecular complexity index is 2330. The number of fused-ring (bicyclic) bond motifs is 2. The van der Waals surface area contributed by atoms with E-state index in [1.807, 2.05) is 54.6 Å². The number of aromatic nitrogens is 2. The molecule has 0 bridgehead atoms. The zero-order valence-corrected chi connectivity index (χ0v) is 31.9. The SMILES string of the molecule is COc1cc2c(cc1OC)CN(CC1OC(c3cccc(-c4cccc(CNC(=O)c5cnc6ccccc6n5)c4)c3)OC(c3ccc(CO)cc3)C1C)CC2. The number of rotatable bonds is 11. The minimum Gasteiger partial charge on any atom is -0.493 e. The molecule has 0 radical (unpaired) electrons. The van der Waals surface area contributed by atoms with E-state index in [1.165, 1.54) is 17.3 Å². The smallest absolute Gasteiger partial charge is 0.271 e. The molecule has 5 aromatic carbocycles. The summed E-state index contributed by atoms with van der Waals surface area (Å²) < 4.78 is 24.9. The highest BCUT2D eigenvalue weighted by atomic mass is 16.7. The fourth-order valence-corrected chi connectivity index (χ4v) is 7.75. The first-order chi connectivity index (χ1) is 27.4. The number of hydrogen-bond acceptors (Lipinski definition) is 9. The molecular formula is C46H46N4O6. The van der Waals surface area contributed by atoms with Crippen LogP contribution in [-0.2, 0) is 35.6 Å². The second-order valence-electron chi connectivity index (χ2n) is 14.5. The number of methoxy groups -OCH3 is 2. The second-order valence-corrected chi connectivity index (χ2v) is 14.5. The van der Waals surface area contributed by atoms with Crippen molar-refractivity contribution in [1.29, 1.82) is 0 Å². The molecule has 8 rings (SSSR count). The van der Waals surface area contributed by atoms with Crippen molar-refractivity contribution >= 4 is 16.9 Å². The molecule has 10 heteroatoms. The molecule has 0 saturated carbocycles. The van der Waals surface area contributed by atoms with Gasteiger partial charge in [0.15, 0.2) is 17.8 Å². The van der Waals surface area contributed by atoms with Crippen molar-refractivity contribution in [2.45, 2.75) is 51.5 Å². The quantitative estimate of drug-likeness (QED) is 0.138. The van der Waals surface area contributed by atoms with E-state index in [2.05, 4.69) is 81.7 Å². The molecule has 2 aliphatic heterocycles. The molecule has 4 unspecified atom stereocenters. The lowest BCUT2D eigenvalue weighted by Crippen LogP contribution is -2.45. The average molecular weight is 751 g/mol. The predicted octanol–water partition coefficient (Wildman–Crippen LogP) is 7.59. The van der Waals surface area contributed by atoms with E-state index in [1.54, 1.807) is 14.2 Å². The Morgan fingerprint density at radius 1 is 0.821 bits per heavy atom. The number of aliphatic hydroxyl groups excluding tert-OH is 1. The van der Waals surface area contributed by atoms with E-state index in [4.69, 9.17) is 18.9 Å². The number of nitrogens with one attached hydrogen (secondary N) is 1. The van der Waals surface area contributed by atoms with Gasteiger partial charge in [-0.05, 0) is 81.8 Å². The van der Waals surface area contributed by atoms with Gasteiger partial charge < -0.3 is 29.4 Å². The summed E-state index contributed by atoms with van der Waals surface area (Å²) in [5.41, 5.74) is 10.0. The molecule has 286 valence electrons. The molecule has 0 aliphatic carbocycles. The molecule has 6 aromatic rings. The molecule has 56 heavy (non-hydrogen) atoms. The average Bonchev–Trinajstić information content (AvgIpc) is 3.25. The van der Waals surface area contributed by atoms with E-state index in [-0.39, 0.29) is 36.3 Å². The number of ether oxygens (including phenoxy) is 4. The van der Waals surface area contributed by atoms with Crippen LogP contribution in [0.3, 0.4) is 0 Å². The van der Waals surface area contributed by atoms with Gasteiger partial charge in [-0.2, -0.15) is 0 Å². The highest BCUT2D eigenvalue weighted by Crippen LogP contribution is 2.43. The van der Waals surface area contributed by atoms with Crippen molar-refractivity contribution in [2.24, 2.45) is 5.92 Å². The number of carbonyl (C=O) groups is 1. The van der Waals surface area contributed by atoms with Gasteiger partial charge in [-0.25, -0.2) is 4.98 Å². The van der Waals surface area contributed by atoms with Crippen molar-refractivity contribution in [3.8, 4) is 22.6 Å². The van der Waals surface area contributed by atoms with Gasteiger partial charge in [-0.3, -0.25) is 14.7 Å². The number of hydrogen-bond donors (Lipinski definition) is 2. The number of para-hydroxylation sites is 2. The largest absolute Gasteiger partial charge is 0.493 e. The number of amides is 1. The van der Waals surface area contributed by atoms with Crippen LogP contribution in [0.1, 0.15) is 63.2 Å². The predicted molar refractivity (Wildman–Crippen MR) is 214 cm³/mol. The lowest BCUT2D eigenvalue weighted by molar-refractivity contribution is -0.276. The van der Waals surface area contributed by atoms with Crippen LogP contribution in [0.25, 0.3) is 22.2 Å². The minimum atomic E-state index is -0.606. The maximum Gasteiger partial charge on any atom is 0.271 e. The van der Waals surface area contributed by atoms with Crippen LogP contribution in [0.15, 0.2) is 115 Å². The van der Waals surface area contributed by atoms with Gasteiger partial charge in [0.05, 0.1) is 50.3 Å². The maximum atomic E-state index is 13.0. The van der Waals surface area contributed by atoms with Crippen LogP contribution in [0, 0.1) is 5.92 Å². The first-order valence-corrected chi connectivity index (χ1v) is 19.0. The van der Waals surface area contributed by atoms with Crippen molar-refractivity contribution in [3.05, 3.63) is 154 Å². The standard InChI is InChI=1S/C46H46N4O6/c1-29-43(27-50-19-18-35-22-41(53-2)42(54-3)23-37(35)26-50)55-46(56-44(29)32-16-14-30(28-51)15-17-32)36-11-7-10-34(21-36)33-9-6-8-31(20-33)24-48-45(52)40-25-47-38-12-4-5-13-39(38)49-40/h4-17,20-23,25,29,43-44,46,51H,18-19,24,26-28H2,1-3H3,(H,48,52). The Hall–Kier alpha value is -5.65. The van der Waals surface area contributed by atoms with E-state index in [0.29, 0.717) is 12.1 Å². The molecule has 2 aliphatic rings. The molecular weight excluding hydrogens is 705 g/mol. The second kappa shape index (κ2) is 16.6. The monoisotopic (exact) mass is 750 g/mol. The number of benzene rings is 5. The summed E-state index contributed by atoms with van der Waals surface area (Å²) in [4.78, 5) is 24.3. The summed E-state index contributed by atoms with van der Waals surface area (Å²) in [7, 11) is 3.35. The molecule has 4 atom stereocenters. The molecule has 1 aromatic heterocycles. The van der Waals surface area contributed by atoms with Crippen LogP contribution >= 0.6 is 0 Å². The van der Waals surface area contributed by atoms with E-state index in [9.17, 15) is 9.90 Å². The van der Waals surface area contributed by atoms with Gasteiger partial charge in [-0.1, -0.05) is 79.7 Å². The Labute approximate surface area is 327 Å². The van der Waals surface area contributed by atoms with Crippen molar-refractivity contribution in [1.82, 2.24) is 20.2 Å². The summed E-state index contributed by atoms with van der Waals surface area (Å²) in [6.45, 7) is 4.95.